The Morgan fingerprint density at radius 1 is 1.00 bits per heavy atom. The molecule has 1 rings (SSSR count). The maximum atomic E-state index is 8.14. The molecular weight excluding hydrogens is 160 g/mol. The summed E-state index contributed by atoms with van der Waals surface area (Å²) in [5.41, 5.74) is 2.66. The maximum Gasteiger partial charge on any atom is 0.0453 e. The number of hydrogen-bond acceptors (Lipinski definition) is 1. The molecule has 0 spiro atoms. The van der Waals surface area contributed by atoms with Crippen molar-refractivity contribution in [1.82, 2.24) is 0 Å². The second-order valence-corrected chi connectivity index (χ2v) is 3.73. The first-order valence-electron chi connectivity index (χ1n) is 4.70. The number of aryl methyl sites for hydroxylation is 2. The molecular formula is C12H20O. The topological polar surface area (TPSA) is 20.2 Å². The predicted molar refractivity (Wildman–Crippen MR) is 57.8 cm³/mol. The molecule has 1 nitrogen and oxygen atoms in total. The number of hydrogen-bond donors (Lipinski definition) is 1. The van der Waals surface area contributed by atoms with Crippen molar-refractivity contribution >= 4 is 0 Å². The van der Waals surface area contributed by atoms with E-state index in [9.17, 15) is 0 Å². The van der Waals surface area contributed by atoms with Gasteiger partial charge < -0.3 is 5.11 Å². The minimum Gasteiger partial charge on any atom is -0.396 e. The lowest BCUT2D eigenvalue weighted by Crippen LogP contribution is -1.90. The van der Waals surface area contributed by atoms with Crippen LogP contribution in [0.3, 0.4) is 0 Å². The molecule has 0 bridgehead atoms. The molecule has 13 heavy (non-hydrogen) atoms. The van der Waals surface area contributed by atoms with Gasteiger partial charge in [-0.1, -0.05) is 49.2 Å². The van der Waals surface area contributed by atoms with Gasteiger partial charge in [0.1, 0.15) is 0 Å². The minimum atomic E-state index is 0.306. The quantitative estimate of drug-likeness (QED) is 0.704. The first-order valence-corrected chi connectivity index (χ1v) is 4.70. The third kappa shape index (κ3) is 7.54. The molecule has 74 valence electrons. The molecule has 0 amide bonds. The highest BCUT2D eigenvalue weighted by Crippen LogP contribution is 1.99. The summed E-state index contributed by atoms with van der Waals surface area (Å²) in [7, 11) is 0. The Bertz CT molecular complexity index is 190. The van der Waals surface area contributed by atoms with Crippen LogP contribution in [0.25, 0.3) is 0 Å². The molecule has 0 saturated heterocycles. The molecule has 0 fully saturated rings. The number of aliphatic hydroxyl groups is 1. The van der Waals surface area contributed by atoms with Crippen molar-refractivity contribution in [2.24, 2.45) is 5.92 Å². The van der Waals surface area contributed by atoms with Crippen molar-refractivity contribution < 1.29 is 5.11 Å². The van der Waals surface area contributed by atoms with E-state index in [0.29, 0.717) is 12.5 Å². The van der Waals surface area contributed by atoms with Gasteiger partial charge in [0.15, 0.2) is 0 Å². The Morgan fingerprint density at radius 3 is 1.38 bits per heavy atom. The van der Waals surface area contributed by atoms with Gasteiger partial charge in [0.2, 0.25) is 0 Å². The molecule has 1 aromatic rings. The average Bonchev–Trinajstić information content (AvgIpc) is 2.11. The van der Waals surface area contributed by atoms with Gasteiger partial charge in [0, 0.05) is 6.61 Å². The summed E-state index contributed by atoms with van der Waals surface area (Å²) >= 11 is 0. The lowest BCUT2D eigenvalue weighted by molar-refractivity contribution is 0.248. The Balaban J connectivity index is 0.000000252. The molecule has 0 radical (unpaired) electrons. The average molecular weight is 180 g/mol. The van der Waals surface area contributed by atoms with Crippen molar-refractivity contribution in [3.63, 3.8) is 0 Å². The summed E-state index contributed by atoms with van der Waals surface area (Å²) in [5, 5.41) is 8.14. The number of benzene rings is 1. The zero-order valence-corrected chi connectivity index (χ0v) is 9.04. The number of rotatable bonds is 1. The summed E-state index contributed by atoms with van der Waals surface area (Å²) in [6.07, 6.45) is 0. The van der Waals surface area contributed by atoms with Gasteiger partial charge in [0.05, 0.1) is 0 Å². The van der Waals surface area contributed by atoms with E-state index in [1.54, 1.807) is 0 Å². The Morgan fingerprint density at radius 2 is 1.23 bits per heavy atom. The fraction of sp³-hybridized carbons (Fsp3) is 0.500. The van der Waals surface area contributed by atoms with Crippen molar-refractivity contribution in [2.45, 2.75) is 27.7 Å². The van der Waals surface area contributed by atoms with Gasteiger partial charge in [-0.15, -0.1) is 0 Å². The van der Waals surface area contributed by atoms with Crippen LogP contribution in [0.1, 0.15) is 25.0 Å². The molecule has 0 aliphatic carbocycles. The summed E-state index contributed by atoms with van der Waals surface area (Å²) in [6.45, 7) is 8.44. The standard InChI is InChI=1S/C8H10.C4H10O/c1-7-3-5-8(2)6-4-7;1-4(2)3-5/h3-6H,1-2H3;4-5H,3H2,1-2H3. The molecule has 0 atom stereocenters. The fourth-order valence-corrected chi connectivity index (χ4v) is 0.637. The van der Waals surface area contributed by atoms with E-state index < -0.39 is 0 Å². The van der Waals surface area contributed by atoms with Crippen LogP contribution >= 0.6 is 0 Å². The summed E-state index contributed by atoms with van der Waals surface area (Å²) in [5.74, 6) is 0.440. The Labute approximate surface area is 81.4 Å². The molecule has 0 aliphatic heterocycles. The Kier molecular flexibility index (Phi) is 6.25. The molecule has 0 aliphatic rings. The van der Waals surface area contributed by atoms with Crippen LogP contribution in [-0.2, 0) is 0 Å². The van der Waals surface area contributed by atoms with E-state index in [1.165, 1.54) is 11.1 Å². The third-order valence-corrected chi connectivity index (χ3v) is 1.58. The van der Waals surface area contributed by atoms with Crippen LogP contribution < -0.4 is 0 Å². The largest absolute Gasteiger partial charge is 0.396 e. The van der Waals surface area contributed by atoms with Crippen LogP contribution in [0.2, 0.25) is 0 Å². The molecule has 0 aromatic heterocycles. The van der Waals surface area contributed by atoms with Gasteiger partial charge in [-0.05, 0) is 19.8 Å². The van der Waals surface area contributed by atoms with E-state index >= 15 is 0 Å². The van der Waals surface area contributed by atoms with E-state index in [4.69, 9.17) is 5.11 Å². The third-order valence-electron chi connectivity index (χ3n) is 1.58. The summed E-state index contributed by atoms with van der Waals surface area (Å²) in [6, 6.07) is 8.48. The molecule has 0 unspecified atom stereocenters. The fourth-order valence-electron chi connectivity index (χ4n) is 0.637. The van der Waals surface area contributed by atoms with Crippen LogP contribution in [0, 0.1) is 19.8 Å². The van der Waals surface area contributed by atoms with Gasteiger partial charge in [-0.3, -0.25) is 0 Å². The van der Waals surface area contributed by atoms with Crippen molar-refractivity contribution in [3.05, 3.63) is 35.4 Å². The van der Waals surface area contributed by atoms with Crippen molar-refractivity contribution in [1.29, 1.82) is 0 Å². The lowest BCUT2D eigenvalue weighted by Gasteiger charge is -1.90. The summed E-state index contributed by atoms with van der Waals surface area (Å²) < 4.78 is 0. The van der Waals surface area contributed by atoms with Crippen molar-refractivity contribution in [2.75, 3.05) is 6.61 Å². The SMILES string of the molecule is CC(C)CO.Cc1ccc(C)cc1. The van der Waals surface area contributed by atoms with E-state index in [1.807, 2.05) is 13.8 Å². The zero-order valence-electron chi connectivity index (χ0n) is 9.04. The molecule has 1 heteroatoms. The number of aliphatic hydroxyl groups excluding tert-OH is 1. The zero-order chi connectivity index (χ0) is 10.3. The van der Waals surface area contributed by atoms with Gasteiger partial charge in [-0.25, -0.2) is 0 Å². The van der Waals surface area contributed by atoms with Gasteiger partial charge in [0.25, 0.3) is 0 Å². The first-order chi connectivity index (χ1) is 6.06. The molecule has 0 saturated carbocycles. The molecule has 0 heterocycles. The second-order valence-electron chi connectivity index (χ2n) is 3.73. The smallest absolute Gasteiger partial charge is 0.0453 e. The molecule has 1 aromatic carbocycles. The van der Waals surface area contributed by atoms with E-state index in [0.717, 1.165) is 0 Å². The summed E-state index contributed by atoms with van der Waals surface area (Å²) in [4.78, 5) is 0. The van der Waals surface area contributed by atoms with Crippen LogP contribution in [0.15, 0.2) is 24.3 Å². The van der Waals surface area contributed by atoms with E-state index in [-0.39, 0.29) is 0 Å². The van der Waals surface area contributed by atoms with Crippen molar-refractivity contribution in [3.8, 4) is 0 Å². The highest BCUT2D eigenvalue weighted by atomic mass is 16.3. The van der Waals surface area contributed by atoms with Crippen LogP contribution in [0.5, 0.6) is 0 Å². The Hall–Kier alpha value is -0.820. The lowest BCUT2D eigenvalue weighted by atomic mass is 10.2. The van der Waals surface area contributed by atoms with Crippen LogP contribution in [0.4, 0.5) is 0 Å². The normalized spacial score (nSPS) is 9.38. The van der Waals surface area contributed by atoms with Gasteiger partial charge >= 0.3 is 0 Å². The predicted octanol–water partition coefficient (Wildman–Crippen LogP) is 2.94. The van der Waals surface area contributed by atoms with Crippen LogP contribution in [-0.4, -0.2) is 11.7 Å². The second kappa shape index (κ2) is 6.67. The highest BCUT2D eigenvalue weighted by Gasteiger charge is 1.81. The maximum absolute atomic E-state index is 8.14. The first kappa shape index (κ1) is 12.2. The monoisotopic (exact) mass is 180 g/mol. The highest BCUT2D eigenvalue weighted by molar-refractivity contribution is 5.19. The van der Waals surface area contributed by atoms with Gasteiger partial charge in [-0.2, -0.15) is 0 Å². The molecule has 1 N–H and O–H groups in total. The minimum absolute atomic E-state index is 0.306. The van der Waals surface area contributed by atoms with E-state index in [2.05, 4.69) is 38.1 Å².